The van der Waals surface area contributed by atoms with E-state index in [4.69, 9.17) is 9.15 Å². The van der Waals surface area contributed by atoms with Gasteiger partial charge in [-0.2, -0.15) is 0 Å². The zero-order chi connectivity index (χ0) is 19.8. The number of nitrogens with zero attached hydrogens (tertiary/aromatic N) is 2. The summed E-state index contributed by atoms with van der Waals surface area (Å²) < 4.78 is 11.4. The number of hydrogen-bond donors (Lipinski definition) is 0. The van der Waals surface area contributed by atoms with Gasteiger partial charge in [-0.15, -0.1) is 0 Å². The molecule has 0 saturated heterocycles. The Bertz CT molecular complexity index is 1100. The van der Waals surface area contributed by atoms with Gasteiger partial charge in [-0.3, -0.25) is 9.59 Å². The van der Waals surface area contributed by atoms with Gasteiger partial charge in [0, 0.05) is 18.7 Å². The Labute approximate surface area is 162 Å². The molecule has 6 nitrogen and oxygen atoms in total. The van der Waals surface area contributed by atoms with E-state index in [9.17, 15) is 9.59 Å². The Kier molecular flexibility index (Phi) is 4.65. The predicted octanol–water partition coefficient (Wildman–Crippen LogP) is 2.91. The van der Waals surface area contributed by atoms with E-state index in [0.29, 0.717) is 35.4 Å². The molecule has 0 fully saturated rings. The van der Waals surface area contributed by atoms with Gasteiger partial charge in [0.1, 0.15) is 11.3 Å². The van der Waals surface area contributed by atoms with Crippen molar-refractivity contribution in [1.29, 1.82) is 0 Å². The molecule has 0 aliphatic carbocycles. The SMILES string of the molecule is COc1ccccc1[C@H]1c2c(oc3ccccc3c2=O)C(=O)N1CCN(C)C. The summed E-state index contributed by atoms with van der Waals surface area (Å²) >= 11 is 0. The van der Waals surface area contributed by atoms with Crippen molar-refractivity contribution in [3.8, 4) is 5.75 Å². The van der Waals surface area contributed by atoms with Gasteiger partial charge in [-0.05, 0) is 32.3 Å². The summed E-state index contributed by atoms with van der Waals surface area (Å²) in [6, 6.07) is 14.0. The second-order valence-corrected chi connectivity index (χ2v) is 7.12. The van der Waals surface area contributed by atoms with Crippen LogP contribution in [-0.4, -0.2) is 50.0 Å². The first-order chi connectivity index (χ1) is 13.5. The number of amides is 1. The quantitative estimate of drug-likeness (QED) is 0.683. The number of benzene rings is 2. The Morgan fingerprint density at radius 2 is 1.79 bits per heavy atom. The topological polar surface area (TPSA) is 63.0 Å². The van der Waals surface area contributed by atoms with Crippen LogP contribution >= 0.6 is 0 Å². The van der Waals surface area contributed by atoms with Crippen molar-refractivity contribution in [1.82, 2.24) is 9.80 Å². The fraction of sp³-hybridized carbons (Fsp3) is 0.273. The first-order valence-corrected chi connectivity index (χ1v) is 9.17. The summed E-state index contributed by atoms with van der Waals surface area (Å²) in [5.74, 6) is 0.490. The molecular weight excluding hydrogens is 356 g/mol. The highest BCUT2D eigenvalue weighted by molar-refractivity contribution is 5.99. The molecule has 6 heteroatoms. The van der Waals surface area contributed by atoms with Crippen LogP contribution in [-0.2, 0) is 0 Å². The van der Waals surface area contributed by atoms with Gasteiger partial charge < -0.3 is 19.0 Å². The molecule has 1 aliphatic heterocycles. The Hall–Kier alpha value is -3.12. The Morgan fingerprint density at radius 3 is 2.54 bits per heavy atom. The van der Waals surface area contributed by atoms with Gasteiger partial charge in [-0.25, -0.2) is 0 Å². The summed E-state index contributed by atoms with van der Waals surface area (Å²) in [5, 5.41) is 0.475. The standard InChI is InChI=1S/C22H22N2O4/c1-23(2)12-13-24-19(14-8-4-6-10-16(14)27-3)18-20(25)15-9-5-7-11-17(15)28-21(18)22(24)26/h4-11,19H,12-13H2,1-3H3/t19-/m0/s1. The van der Waals surface area contributed by atoms with E-state index >= 15 is 0 Å². The second kappa shape index (κ2) is 7.13. The molecule has 2 heterocycles. The lowest BCUT2D eigenvalue weighted by Crippen LogP contribution is -2.35. The number of rotatable bonds is 5. The summed E-state index contributed by atoms with van der Waals surface area (Å²) in [5.41, 5.74) is 1.41. The predicted molar refractivity (Wildman–Crippen MR) is 107 cm³/mol. The van der Waals surface area contributed by atoms with E-state index in [0.717, 1.165) is 5.56 Å². The first-order valence-electron chi connectivity index (χ1n) is 9.17. The van der Waals surface area contributed by atoms with Crippen molar-refractivity contribution in [2.75, 3.05) is 34.3 Å². The van der Waals surface area contributed by atoms with E-state index in [2.05, 4.69) is 0 Å². The molecule has 144 valence electrons. The Morgan fingerprint density at radius 1 is 1.07 bits per heavy atom. The molecule has 0 N–H and O–H groups in total. The van der Waals surface area contributed by atoms with E-state index < -0.39 is 6.04 Å². The van der Waals surface area contributed by atoms with Crippen molar-refractivity contribution in [3.63, 3.8) is 0 Å². The number of methoxy groups -OCH3 is 1. The highest BCUT2D eigenvalue weighted by Gasteiger charge is 2.43. The zero-order valence-corrected chi connectivity index (χ0v) is 16.1. The molecule has 1 atom stereocenters. The largest absolute Gasteiger partial charge is 0.496 e. The Balaban J connectivity index is 1.97. The summed E-state index contributed by atoms with van der Waals surface area (Å²) in [6.45, 7) is 1.13. The number of hydrogen-bond acceptors (Lipinski definition) is 5. The highest BCUT2D eigenvalue weighted by atomic mass is 16.5. The van der Waals surface area contributed by atoms with Crippen LogP contribution in [0.15, 0.2) is 57.7 Å². The van der Waals surface area contributed by atoms with E-state index in [-0.39, 0.29) is 17.1 Å². The zero-order valence-electron chi connectivity index (χ0n) is 16.1. The van der Waals surface area contributed by atoms with Gasteiger partial charge in [0.25, 0.3) is 5.91 Å². The van der Waals surface area contributed by atoms with E-state index in [1.54, 1.807) is 36.3 Å². The van der Waals surface area contributed by atoms with Gasteiger partial charge in [-0.1, -0.05) is 30.3 Å². The van der Waals surface area contributed by atoms with Crippen LogP contribution in [0.25, 0.3) is 11.0 Å². The second-order valence-electron chi connectivity index (χ2n) is 7.12. The van der Waals surface area contributed by atoms with Gasteiger partial charge in [0.05, 0.1) is 24.1 Å². The van der Waals surface area contributed by atoms with E-state index in [1.165, 1.54) is 0 Å². The lowest BCUT2D eigenvalue weighted by Gasteiger charge is -2.27. The van der Waals surface area contributed by atoms with Crippen LogP contribution < -0.4 is 10.2 Å². The third-order valence-corrected chi connectivity index (χ3v) is 5.09. The minimum absolute atomic E-state index is 0.123. The maximum Gasteiger partial charge on any atom is 0.290 e. The summed E-state index contributed by atoms with van der Waals surface area (Å²) in [4.78, 5) is 30.3. The van der Waals surface area contributed by atoms with Crippen LogP contribution in [0, 0.1) is 0 Å². The van der Waals surface area contributed by atoms with Crippen LogP contribution in [0.1, 0.15) is 27.7 Å². The third kappa shape index (κ3) is 2.86. The molecule has 0 radical (unpaired) electrons. The number of carbonyl (C=O) groups excluding carboxylic acids is 1. The molecule has 3 aromatic rings. The van der Waals surface area contributed by atoms with Crippen LogP contribution in [0.4, 0.5) is 0 Å². The average Bonchev–Trinajstić information content (AvgIpc) is 2.98. The minimum Gasteiger partial charge on any atom is -0.496 e. The maximum atomic E-state index is 13.3. The van der Waals surface area contributed by atoms with Crippen molar-refractivity contribution < 1.29 is 13.9 Å². The van der Waals surface area contributed by atoms with Crippen molar-refractivity contribution in [2.24, 2.45) is 0 Å². The van der Waals surface area contributed by atoms with Gasteiger partial charge >= 0.3 is 0 Å². The minimum atomic E-state index is -0.542. The molecule has 0 bridgehead atoms. The number of para-hydroxylation sites is 2. The average molecular weight is 378 g/mol. The highest BCUT2D eigenvalue weighted by Crippen LogP contribution is 2.41. The number of carbonyl (C=O) groups is 1. The number of likely N-dealkylation sites (N-methyl/N-ethyl adjacent to an activating group) is 1. The lowest BCUT2D eigenvalue weighted by atomic mass is 9.97. The molecular formula is C22H22N2O4. The smallest absolute Gasteiger partial charge is 0.290 e. The van der Waals surface area contributed by atoms with Crippen molar-refractivity contribution in [2.45, 2.75) is 6.04 Å². The molecule has 0 spiro atoms. The summed E-state index contributed by atoms with van der Waals surface area (Å²) in [6.07, 6.45) is 0. The van der Waals surface area contributed by atoms with Gasteiger partial charge in [0.2, 0.25) is 5.76 Å². The van der Waals surface area contributed by atoms with Crippen molar-refractivity contribution in [3.05, 3.63) is 75.6 Å². The van der Waals surface area contributed by atoms with Crippen molar-refractivity contribution >= 4 is 16.9 Å². The monoisotopic (exact) mass is 378 g/mol. The fourth-order valence-corrected chi connectivity index (χ4v) is 3.72. The maximum absolute atomic E-state index is 13.3. The third-order valence-electron chi connectivity index (χ3n) is 5.09. The molecule has 2 aromatic carbocycles. The van der Waals surface area contributed by atoms with Crippen LogP contribution in [0.2, 0.25) is 0 Å². The molecule has 0 saturated carbocycles. The molecule has 0 unspecified atom stereocenters. The van der Waals surface area contributed by atoms with Gasteiger partial charge in [0.15, 0.2) is 5.43 Å². The van der Waals surface area contributed by atoms with Crippen LogP contribution in [0.5, 0.6) is 5.75 Å². The normalized spacial score (nSPS) is 16.1. The molecule has 1 amide bonds. The molecule has 4 rings (SSSR count). The van der Waals surface area contributed by atoms with Crippen LogP contribution in [0.3, 0.4) is 0 Å². The molecule has 1 aromatic heterocycles. The summed E-state index contributed by atoms with van der Waals surface area (Å²) in [7, 11) is 5.48. The van der Waals surface area contributed by atoms with E-state index in [1.807, 2.05) is 43.3 Å². The molecule has 28 heavy (non-hydrogen) atoms. The fourth-order valence-electron chi connectivity index (χ4n) is 3.72. The number of ether oxygens (including phenoxy) is 1. The number of fused-ring (bicyclic) bond motifs is 2. The molecule has 1 aliphatic rings. The first kappa shape index (κ1) is 18.3. The lowest BCUT2D eigenvalue weighted by molar-refractivity contribution is 0.0715.